The molecule has 5 heteroatoms. The first kappa shape index (κ1) is 14.1. The monoisotopic (exact) mass is 314 g/mol. The van der Waals surface area contributed by atoms with Gasteiger partial charge in [-0.25, -0.2) is 4.98 Å². The number of rotatable bonds is 3. The number of carbonyl (C=O) groups excluding carboxylic acids is 1. The van der Waals surface area contributed by atoms with Gasteiger partial charge in [0, 0.05) is 29.8 Å². The summed E-state index contributed by atoms with van der Waals surface area (Å²) in [5.41, 5.74) is 3.68. The van der Waals surface area contributed by atoms with Gasteiger partial charge in [-0.2, -0.15) is 0 Å². The second-order valence-corrected chi connectivity index (χ2v) is 5.34. The van der Waals surface area contributed by atoms with Crippen molar-refractivity contribution in [3.8, 4) is 11.3 Å². The predicted octanol–water partition coefficient (Wildman–Crippen LogP) is 3.65. The molecule has 116 valence electrons. The molecule has 0 bridgehead atoms. The topological polar surface area (TPSA) is 59.3 Å². The van der Waals surface area contributed by atoms with Crippen LogP contribution < -0.4 is 5.32 Å². The summed E-state index contributed by atoms with van der Waals surface area (Å²) in [6.07, 6.45) is 5.40. The summed E-state index contributed by atoms with van der Waals surface area (Å²) in [4.78, 5) is 21.1. The maximum absolute atomic E-state index is 12.3. The van der Waals surface area contributed by atoms with Crippen molar-refractivity contribution in [2.75, 3.05) is 5.32 Å². The van der Waals surface area contributed by atoms with E-state index in [9.17, 15) is 4.79 Å². The first-order valence-corrected chi connectivity index (χ1v) is 7.56. The molecule has 0 aliphatic carbocycles. The predicted molar refractivity (Wildman–Crippen MR) is 92.8 cm³/mol. The Balaban J connectivity index is 1.65. The molecule has 0 saturated carbocycles. The molecule has 1 amide bonds. The molecule has 0 aliphatic rings. The number of anilines is 1. The molecule has 0 fully saturated rings. The third-order valence-corrected chi connectivity index (χ3v) is 3.68. The van der Waals surface area contributed by atoms with E-state index < -0.39 is 0 Å². The van der Waals surface area contributed by atoms with Crippen LogP contribution in [0.1, 0.15) is 10.5 Å². The van der Waals surface area contributed by atoms with Crippen LogP contribution in [0.2, 0.25) is 0 Å². The Morgan fingerprint density at radius 3 is 2.54 bits per heavy atom. The fraction of sp³-hybridized carbons (Fsp3) is 0. The van der Waals surface area contributed by atoms with Gasteiger partial charge in [0.05, 0.1) is 5.69 Å². The van der Waals surface area contributed by atoms with E-state index in [0.717, 1.165) is 16.9 Å². The maximum atomic E-state index is 12.3. The van der Waals surface area contributed by atoms with Gasteiger partial charge in [-0.3, -0.25) is 9.78 Å². The zero-order valence-corrected chi connectivity index (χ0v) is 12.8. The van der Waals surface area contributed by atoms with Crippen LogP contribution >= 0.6 is 0 Å². The number of fused-ring (bicyclic) bond motifs is 1. The average Bonchev–Trinajstić information content (AvgIpc) is 3.07. The highest BCUT2D eigenvalue weighted by atomic mass is 16.1. The van der Waals surface area contributed by atoms with Crippen LogP contribution in [-0.2, 0) is 0 Å². The molecule has 0 atom stereocenters. The summed E-state index contributed by atoms with van der Waals surface area (Å²) in [7, 11) is 0. The van der Waals surface area contributed by atoms with Crippen molar-refractivity contribution < 1.29 is 4.79 Å². The molecule has 4 aromatic rings. The van der Waals surface area contributed by atoms with Gasteiger partial charge in [0.2, 0.25) is 0 Å². The molecule has 3 heterocycles. The molecule has 0 radical (unpaired) electrons. The summed E-state index contributed by atoms with van der Waals surface area (Å²) in [6.45, 7) is 0. The molecular weight excluding hydrogens is 300 g/mol. The largest absolute Gasteiger partial charge is 0.321 e. The number of para-hydroxylation sites is 1. The van der Waals surface area contributed by atoms with Crippen molar-refractivity contribution in [2.24, 2.45) is 0 Å². The summed E-state index contributed by atoms with van der Waals surface area (Å²) in [6, 6.07) is 18.9. The van der Waals surface area contributed by atoms with E-state index in [1.807, 2.05) is 71.3 Å². The number of nitrogens with zero attached hydrogens (tertiary/aromatic N) is 3. The minimum Gasteiger partial charge on any atom is -0.321 e. The molecule has 0 aliphatic heterocycles. The van der Waals surface area contributed by atoms with Crippen LogP contribution in [-0.4, -0.2) is 20.3 Å². The van der Waals surface area contributed by atoms with Gasteiger partial charge < -0.3 is 9.72 Å². The SMILES string of the molecule is O=C(Nc1ccccc1)c1cn2cc(-c3ccccn3)ccc2n1. The third kappa shape index (κ3) is 2.75. The van der Waals surface area contributed by atoms with Crippen molar-refractivity contribution in [2.45, 2.75) is 0 Å². The van der Waals surface area contributed by atoms with Crippen LogP contribution in [0.15, 0.2) is 79.3 Å². The summed E-state index contributed by atoms with van der Waals surface area (Å²) >= 11 is 0. The summed E-state index contributed by atoms with van der Waals surface area (Å²) < 4.78 is 1.84. The molecular formula is C19H14N4O. The molecule has 0 spiro atoms. The highest BCUT2D eigenvalue weighted by molar-refractivity contribution is 6.03. The lowest BCUT2D eigenvalue weighted by Gasteiger charge is -2.01. The van der Waals surface area contributed by atoms with Crippen molar-refractivity contribution in [1.82, 2.24) is 14.4 Å². The van der Waals surface area contributed by atoms with Crippen LogP contribution in [0.5, 0.6) is 0 Å². The number of nitrogens with one attached hydrogen (secondary N) is 1. The van der Waals surface area contributed by atoms with Gasteiger partial charge in [0.25, 0.3) is 5.91 Å². The minimum atomic E-state index is -0.232. The number of amides is 1. The Bertz CT molecular complexity index is 994. The second kappa shape index (κ2) is 5.96. The molecule has 24 heavy (non-hydrogen) atoms. The smallest absolute Gasteiger partial charge is 0.275 e. The number of hydrogen-bond acceptors (Lipinski definition) is 3. The van der Waals surface area contributed by atoms with Gasteiger partial charge in [-0.15, -0.1) is 0 Å². The maximum Gasteiger partial charge on any atom is 0.275 e. The highest BCUT2D eigenvalue weighted by Gasteiger charge is 2.11. The van der Waals surface area contributed by atoms with Crippen LogP contribution in [0, 0.1) is 0 Å². The van der Waals surface area contributed by atoms with E-state index in [1.54, 1.807) is 12.4 Å². The van der Waals surface area contributed by atoms with E-state index in [4.69, 9.17) is 0 Å². The Hall–Kier alpha value is -3.47. The number of aromatic nitrogens is 3. The summed E-state index contributed by atoms with van der Waals surface area (Å²) in [5.74, 6) is -0.232. The van der Waals surface area contributed by atoms with E-state index in [1.165, 1.54) is 0 Å². The van der Waals surface area contributed by atoms with Crippen LogP contribution in [0.25, 0.3) is 16.9 Å². The van der Waals surface area contributed by atoms with E-state index >= 15 is 0 Å². The van der Waals surface area contributed by atoms with E-state index in [0.29, 0.717) is 11.3 Å². The molecule has 0 saturated heterocycles. The summed E-state index contributed by atoms with van der Waals surface area (Å²) in [5, 5.41) is 2.84. The third-order valence-electron chi connectivity index (χ3n) is 3.68. The Labute approximate surface area is 138 Å². The number of imidazole rings is 1. The fourth-order valence-corrected chi connectivity index (χ4v) is 2.50. The molecule has 1 N–H and O–H groups in total. The van der Waals surface area contributed by atoms with Crippen molar-refractivity contribution in [1.29, 1.82) is 0 Å². The number of pyridine rings is 2. The van der Waals surface area contributed by atoms with Gasteiger partial charge >= 0.3 is 0 Å². The van der Waals surface area contributed by atoms with Gasteiger partial charge in [0.15, 0.2) is 0 Å². The zero-order chi connectivity index (χ0) is 16.4. The van der Waals surface area contributed by atoms with E-state index in [-0.39, 0.29) is 5.91 Å². The fourth-order valence-electron chi connectivity index (χ4n) is 2.50. The molecule has 0 unspecified atom stereocenters. The Morgan fingerprint density at radius 2 is 1.75 bits per heavy atom. The molecule has 1 aromatic carbocycles. The number of carbonyl (C=O) groups is 1. The number of benzene rings is 1. The first-order chi connectivity index (χ1) is 11.8. The minimum absolute atomic E-state index is 0.232. The van der Waals surface area contributed by atoms with Crippen molar-refractivity contribution in [3.05, 3.63) is 84.9 Å². The van der Waals surface area contributed by atoms with Gasteiger partial charge in [-0.05, 0) is 36.4 Å². The van der Waals surface area contributed by atoms with Gasteiger partial charge in [-0.1, -0.05) is 24.3 Å². The lowest BCUT2D eigenvalue weighted by atomic mass is 10.2. The van der Waals surface area contributed by atoms with Crippen LogP contribution in [0.3, 0.4) is 0 Å². The molecule has 5 nitrogen and oxygen atoms in total. The molecule has 3 aromatic heterocycles. The quantitative estimate of drug-likeness (QED) is 0.628. The van der Waals surface area contributed by atoms with Crippen LogP contribution in [0.4, 0.5) is 5.69 Å². The normalized spacial score (nSPS) is 10.7. The molecule has 4 rings (SSSR count). The standard InChI is InChI=1S/C19H14N4O/c24-19(21-15-6-2-1-3-7-15)17-13-23-12-14(9-10-18(23)22-17)16-8-4-5-11-20-16/h1-13H,(H,21,24). The zero-order valence-electron chi connectivity index (χ0n) is 12.8. The van der Waals surface area contributed by atoms with E-state index in [2.05, 4.69) is 15.3 Å². The number of hydrogen-bond donors (Lipinski definition) is 1. The Kier molecular flexibility index (Phi) is 3.51. The highest BCUT2D eigenvalue weighted by Crippen LogP contribution is 2.18. The second-order valence-electron chi connectivity index (χ2n) is 5.34. The Morgan fingerprint density at radius 1 is 0.917 bits per heavy atom. The average molecular weight is 314 g/mol. The lowest BCUT2D eigenvalue weighted by molar-refractivity contribution is 0.102. The van der Waals surface area contributed by atoms with Gasteiger partial charge in [0.1, 0.15) is 11.3 Å². The lowest BCUT2D eigenvalue weighted by Crippen LogP contribution is -2.11. The van der Waals surface area contributed by atoms with Crippen molar-refractivity contribution >= 4 is 17.2 Å². The first-order valence-electron chi connectivity index (χ1n) is 7.56. The van der Waals surface area contributed by atoms with Crippen molar-refractivity contribution in [3.63, 3.8) is 0 Å².